The molecule has 1 fully saturated rings. The summed E-state index contributed by atoms with van der Waals surface area (Å²) in [5.41, 5.74) is 3.63. The largest absolute Gasteiger partial charge is 0.497 e. The number of ether oxygens (including phenoxy) is 1. The molecule has 25 heavy (non-hydrogen) atoms. The fraction of sp³-hybridized carbons (Fsp3) is 0.381. The van der Waals surface area contributed by atoms with Gasteiger partial charge in [-0.05, 0) is 66.4 Å². The molecule has 0 heterocycles. The van der Waals surface area contributed by atoms with Crippen molar-refractivity contribution in [1.82, 2.24) is 4.90 Å². The molecule has 3 nitrogen and oxygen atoms in total. The molecule has 0 unspecified atom stereocenters. The molecule has 0 radical (unpaired) electrons. The van der Waals surface area contributed by atoms with Crippen LogP contribution < -0.4 is 10.1 Å². The lowest BCUT2D eigenvalue weighted by Crippen LogP contribution is -2.36. The highest BCUT2D eigenvalue weighted by atomic mass is 32.1. The van der Waals surface area contributed by atoms with E-state index in [2.05, 4.69) is 60.5 Å². The van der Waals surface area contributed by atoms with E-state index in [1.54, 1.807) is 7.11 Å². The molecule has 0 bridgehead atoms. The van der Waals surface area contributed by atoms with Crippen LogP contribution in [0.2, 0.25) is 0 Å². The first-order valence-corrected chi connectivity index (χ1v) is 9.28. The number of hydrogen-bond donors (Lipinski definition) is 1. The number of benzene rings is 2. The van der Waals surface area contributed by atoms with Crippen molar-refractivity contribution in [2.24, 2.45) is 0 Å². The van der Waals surface area contributed by atoms with Gasteiger partial charge in [-0.1, -0.05) is 38.1 Å². The summed E-state index contributed by atoms with van der Waals surface area (Å²) >= 11 is 5.70. The van der Waals surface area contributed by atoms with Crippen LogP contribution in [0.5, 0.6) is 5.75 Å². The van der Waals surface area contributed by atoms with Crippen molar-refractivity contribution in [3.05, 3.63) is 59.7 Å². The smallest absolute Gasteiger partial charge is 0.173 e. The second-order valence-electron chi connectivity index (χ2n) is 6.91. The van der Waals surface area contributed by atoms with Crippen molar-refractivity contribution in [2.75, 3.05) is 12.4 Å². The van der Waals surface area contributed by atoms with Gasteiger partial charge in [0, 0.05) is 18.3 Å². The lowest BCUT2D eigenvalue weighted by Gasteiger charge is -2.26. The van der Waals surface area contributed by atoms with E-state index in [1.807, 2.05) is 12.1 Å². The summed E-state index contributed by atoms with van der Waals surface area (Å²) in [4.78, 5) is 2.30. The van der Waals surface area contributed by atoms with Crippen LogP contribution in [0.4, 0.5) is 5.69 Å². The molecule has 1 aliphatic rings. The van der Waals surface area contributed by atoms with Crippen LogP contribution in [0.3, 0.4) is 0 Å². The molecule has 3 rings (SSSR count). The Labute approximate surface area is 156 Å². The standard InChI is InChI=1S/C21H26N2OS/c1-15(2)17-6-8-18(9-7-17)22-21(25)23(19-10-11-19)14-16-4-12-20(24-3)13-5-16/h4-9,12-13,15,19H,10-11,14H2,1-3H3,(H,22,25). The maximum atomic E-state index is 5.70. The van der Waals surface area contributed by atoms with Gasteiger partial charge in [-0.3, -0.25) is 0 Å². The molecule has 2 aromatic rings. The van der Waals surface area contributed by atoms with E-state index in [-0.39, 0.29) is 0 Å². The molecule has 1 saturated carbocycles. The second kappa shape index (κ2) is 7.87. The molecule has 2 aromatic carbocycles. The van der Waals surface area contributed by atoms with Gasteiger partial charge in [-0.2, -0.15) is 0 Å². The zero-order chi connectivity index (χ0) is 17.8. The van der Waals surface area contributed by atoms with E-state index >= 15 is 0 Å². The van der Waals surface area contributed by atoms with Gasteiger partial charge in [-0.25, -0.2) is 0 Å². The Kier molecular flexibility index (Phi) is 5.59. The van der Waals surface area contributed by atoms with E-state index in [0.29, 0.717) is 12.0 Å². The van der Waals surface area contributed by atoms with Gasteiger partial charge in [0.15, 0.2) is 5.11 Å². The molecule has 1 N–H and O–H groups in total. The summed E-state index contributed by atoms with van der Waals surface area (Å²) in [6, 6.07) is 17.3. The SMILES string of the molecule is COc1ccc(CN(C(=S)Nc2ccc(C(C)C)cc2)C2CC2)cc1. The van der Waals surface area contributed by atoms with Crippen LogP contribution in [0, 0.1) is 0 Å². The van der Waals surface area contributed by atoms with E-state index in [9.17, 15) is 0 Å². The second-order valence-corrected chi connectivity index (χ2v) is 7.30. The monoisotopic (exact) mass is 354 g/mol. The van der Waals surface area contributed by atoms with Crippen LogP contribution in [0.1, 0.15) is 43.7 Å². The fourth-order valence-corrected chi connectivity index (χ4v) is 3.16. The highest BCUT2D eigenvalue weighted by Crippen LogP contribution is 2.29. The lowest BCUT2D eigenvalue weighted by atomic mass is 10.0. The average molecular weight is 355 g/mol. The van der Waals surface area contributed by atoms with Crippen LogP contribution in [0.15, 0.2) is 48.5 Å². The number of hydrogen-bond acceptors (Lipinski definition) is 2. The first kappa shape index (κ1) is 17.7. The number of thiocarbonyl (C=S) groups is 1. The van der Waals surface area contributed by atoms with Crippen LogP contribution in [-0.4, -0.2) is 23.2 Å². The highest BCUT2D eigenvalue weighted by molar-refractivity contribution is 7.80. The summed E-state index contributed by atoms with van der Waals surface area (Å²) in [7, 11) is 1.69. The van der Waals surface area contributed by atoms with E-state index in [1.165, 1.54) is 24.0 Å². The molecule has 0 aromatic heterocycles. The highest BCUT2D eigenvalue weighted by Gasteiger charge is 2.30. The minimum atomic E-state index is 0.541. The van der Waals surface area contributed by atoms with Crippen LogP contribution in [-0.2, 0) is 6.54 Å². The van der Waals surface area contributed by atoms with E-state index in [0.717, 1.165) is 23.1 Å². The number of rotatable bonds is 6. The third-order valence-corrected chi connectivity index (χ3v) is 4.93. The quantitative estimate of drug-likeness (QED) is 0.723. The molecule has 0 aliphatic heterocycles. The van der Waals surface area contributed by atoms with Crippen molar-refractivity contribution in [3.63, 3.8) is 0 Å². The molecular weight excluding hydrogens is 328 g/mol. The Balaban J connectivity index is 1.66. The maximum Gasteiger partial charge on any atom is 0.173 e. The Bertz CT molecular complexity index is 706. The molecule has 132 valence electrons. The average Bonchev–Trinajstić information content (AvgIpc) is 3.45. The number of nitrogens with zero attached hydrogens (tertiary/aromatic N) is 1. The molecule has 1 aliphatic carbocycles. The van der Waals surface area contributed by atoms with Crippen LogP contribution >= 0.6 is 12.2 Å². The zero-order valence-corrected chi connectivity index (χ0v) is 16.0. The number of anilines is 1. The third kappa shape index (κ3) is 4.73. The minimum absolute atomic E-state index is 0.541. The van der Waals surface area contributed by atoms with Crippen molar-refractivity contribution >= 4 is 23.0 Å². The van der Waals surface area contributed by atoms with Gasteiger partial charge in [0.1, 0.15) is 5.75 Å². The first-order chi connectivity index (χ1) is 12.1. The molecular formula is C21H26N2OS. The fourth-order valence-electron chi connectivity index (χ4n) is 2.83. The summed E-state index contributed by atoms with van der Waals surface area (Å²) < 4.78 is 5.24. The van der Waals surface area contributed by atoms with E-state index < -0.39 is 0 Å². The number of nitrogens with one attached hydrogen (secondary N) is 1. The minimum Gasteiger partial charge on any atom is -0.497 e. The third-order valence-electron chi connectivity index (χ3n) is 4.59. The topological polar surface area (TPSA) is 24.5 Å². The molecule has 0 spiro atoms. The Morgan fingerprint density at radius 2 is 1.76 bits per heavy atom. The molecule has 4 heteroatoms. The predicted octanol–water partition coefficient (Wildman–Crippen LogP) is 5.18. The normalized spacial score (nSPS) is 13.6. The summed E-state index contributed by atoms with van der Waals surface area (Å²) in [6.07, 6.45) is 2.43. The lowest BCUT2D eigenvalue weighted by molar-refractivity contribution is 0.405. The van der Waals surface area contributed by atoms with Gasteiger partial charge >= 0.3 is 0 Å². The van der Waals surface area contributed by atoms with Crippen molar-refractivity contribution in [1.29, 1.82) is 0 Å². The predicted molar refractivity (Wildman–Crippen MR) is 108 cm³/mol. The molecule has 0 amide bonds. The first-order valence-electron chi connectivity index (χ1n) is 8.87. The van der Waals surface area contributed by atoms with Gasteiger partial charge in [0.05, 0.1) is 7.11 Å². The summed E-state index contributed by atoms with van der Waals surface area (Å²) in [5.74, 6) is 1.42. The van der Waals surface area contributed by atoms with E-state index in [4.69, 9.17) is 17.0 Å². The summed E-state index contributed by atoms with van der Waals surface area (Å²) in [5, 5.41) is 4.21. The Hall–Kier alpha value is -2.07. The number of methoxy groups -OCH3 is 1. The van der Waals surface area contributed by atoms with Crippen molar-refractivity contribution in [2.45, 2.75) is 45.2 Å². The van der Waals surface area contributed by atoms with Crippen molar-refractivity contribution in [3.8, 4) is 5.75 Å². The Morgan fingerprint density at radius 1 is 1.12 bits per heavy atom. The van der Waals surface area contributed by atoms with Crippen LogP contribution in [0.25, 0.3) is 0 Å². The Morgan fingerprint density at radius 3 is 2.28 bits per heavy atom. The summed E-state index contributed by atoms with van der Waals surface area (Å²) in [6.45, 7) is 5.23. The molecule has 0 saturated heterocycles. The van der Waals surface area contributed by atoms with Gasteiger partial charge in [-0.15, -0.1) is 0 Å². The molecule has 0 atom stereocenters. The van der Waals surface area contributed by atoms with Gasteiger partial charge < -0.3 is 15.0 Å². The van der Waals surface area contributed by atoms with Crippen molar-refractivity contribution < 1.29 is 4.74 Å². The van der Waals surface area contributed by atoms with Gasteiger partial charge in [0.25, 0.3) is 0 Å². The van der Waals surface area contributed by atoms with Gasteiger partial charge in [0.2, 0.25) is 0 Å². The zero-order valence-electron chi connectivity index (χ0n) is 15.2. The maximum absolute atomic E-state index is 5.70.